The van der Waals surface area contributed by atoms with Crippen LogP contribution in [0.4, 0.5) is 13.2 Å². The third kappa shape index (κ3) is 1.70. The molecule has 0 aromatic carbocycles. The van der Waals surface area contributed by atoms with Gasteiger partial charge in [-0.3, -0.25) is 4.79 Å². The number of hydrogen-bond acceptors (Lipinski definition) is 2. The van der Waals surface area contributed by atoms with Crippen LogP contribution in [0.15, 0.2) is 24.4 Å². The van der Waals surface area contributed by atoms with Crippen LogP contribution in [0.25, 0.3) is 5.52 Å². The van der Waals surface area contributed by atoms with Crippen LogP contribution in [-0.2, 0) is 6.18 Å². The Morgan fingerprint density at radius 3 is 2.67 bits per heavy atom. The number of halogens is 3. The van der Waals surface area contributed by atoms with Crippen LogP contribution in [0.5, 0.6) is 0 Å². The molecule has 0 spiro atoms. The lowest BCUT2D eigenvalue weighted by molar-refractivity contribution is -0.137. The van der Waals surface area contributed by atoms with E-state index in [9.17, 15) is 18.0 Å². The number of fused-ring (bicyclic) bond motifs is 1. The molecule has 0 aliphatic heterocycles. The number of pyridine rings is 1. The normalized spacial score (nSPS) is 11.9. The van der Waals surface area contributed by atoms with Crippen molar-refractivity contribution < 1.29 is 18.0 Å². The molecule has 0 radical (unpaired) electrons. The minimum absolute atomic E-state index is 0.106. The maximum absolute atomic E-state index is 12.3. The molecule has 15 heavy (non-hydrogen) atoms. The number of carbonyl (C=O) groups excluding carboxylic acids is 1. The van der Waals surface area contributed by atoms with Crippen molar-refractivity contribution in [3.63, 3.8) is 0 Å². The highest BCUT2D eigenvalue weighted by atomic mass is 19.4. The molecular formula is C9H5F3N2O. The highest BCUT2D eigenvalue weighted by molar-refractivity contribution is 5.74. The van der Waals surface area contributed by atoms with Crippen LogP contribution in [-0.4, -0.2) is 15.9 Å². The third-order valence-electron chi connectivity index (χ3n) is 1.93. The molecule has 2 aromatic heterocycles. The highest BCUT2D eigenvalue weighted by Crippen LogP contribution is 2.29. The number of hydrogen-bond donors (Lipinski definition) is 0. The Morgan fingerprint density at radius 1 is 1.33 bits per heavy atom. The Morgan fingerprint density at radius 2 is 2.07 bits per heavy atom. The fourth-order valence-corrected chi connectivity index (χ4v) is 1.23. The van der Waals surface area contributed by atoms with Gasteiger partial charge in [-0.2, -0.15) is 18.3 Å². The Labute approximate surface area is 82.1 Å². The molecule has 0 aliphatic rings. The zero-order valence-corrected chi connectivity index (χ0v) is 7.32. The first-order chi connectivity index (χ1) is 7.00. The lowest BCUT2D eigenvalue weighted by Gasteiger charge is -2.05. The minimum atomic E-state index is -4.40. The topological polar surface area (TPSA) is 34.4 Å². The second-order valence-corrected chi connectivity index (χ2v) is 2.97. The number of rotatable bonds is 1. The first kappa shape index (κ1) is 9.70. The predicted octanol–water partition coefficient (Wildman–Crippen LogP) is 2.17. The molecule has 0 saturated heterocycles. The number of carbonyl (C=O) groups is 1. The Bertz CT molecular complexity index is 516. The molecule has 0 aliphatic carbocycles. The monoisotopic (exact) mass is 214 g/mol. The van der Waals surface area contributed by atoms with E-state index in [4.69, 9.17) is 0 Å². The number of aromatic nitrogens is 2. The van der Waals surface area contributed by atoms with Crippen molar-refractivity contribution >= 4 is 11.8 Å². The van der Waals surface area contributed by atoms with Crippen molar-refractivity contribution in [2.24, 2.45) is 0 Å². The predicted molar refractivity (Wildman–Crippen MR) is 45.6 cm³/mol. The molecule has 78 valence electrons. The van der Waals surface area contributed by atoms with Crippen molar-refractivity contribution in [3.8, 4) is 0 Å². The minimum Gasteiger partial charge on any atom is -0.296 e. The van der Waals surface area contributed by atoms with Crippen LogP contribution >= 0.6 is 0 Å². The average Bonchev–Trinajstić information content (AvgIpc) is 2.57. The molecule has 0 amide bonds. The largest absolute Gasteiger partial charge is 0.417 e. The standard InChI is InChI=1S/C9H5F3N2O/c10-9(11,12)6-1-2-8-3-7(5-15)13-14(8)4-6/h1-5H. The second-order valence-electron chi connectivity index (χ2n) is 2.97. The highest BCUT2D eigenvalue weighted by Gasteiger charge is 2.30. The molecule has 2 aromatic rings. The smallest absolute Gasteiger partial charge is 0.296 e. The summed E-state index contributed by atoms with van der Waals surface area (Å²) in [6.07, 6.45) is -3.07. The third-order valence-corrected chi connectivity index (χ3v) is 1.93. The van der Waals surface area contributed by atoms with E-state index in [2.05, 4.69) is 5.10 Å². The van der Waals surface area contributed by atoms with Gasteiger partial charge in [0.2, 0.25) is 0 Å². The van der Waals surface area contributed by atoms with Crippen LogP contribution in [0.2, 0.25) is 0 Å². The molecule has 0 bridgehead atoms. The summed E-state index contributed by atoms with van der Waals surface area (Å²) < 4.78 is 37.9. The molecule has 0 fully saturated rings. The molecule has 6 heteroatoms. The van der Waals surface area contributed by atoms with E-state index in [1.165, 1.54) is 12.1 Å². The van der Waals surface area contributed by atoms with Crippen LogP contribution < -0.4 is 0 Å². The van der Waals surface area contributed by atoms with Gasteiger partial charge in [-0.15, -0.1) is 0 Å². The van der Waals surface area contributed by atoms with Gasteiger partial charge in [-0.1, -0.05) is 0 Å². The van der Waals surface area contributed by atoms with Gasteiger partial charge in [0, 0.05) is 6.20 Å². The number of alkyl halides is 3. The molecular weight excluding hydrogens is 209 g/mol. The summed E-state index contributed by atoms with van der Waals surface area (Å²) >= 11 is 0. The van der Waals surface area contributed by atoms with E-state index in [0.717, 1.165) is 16.8 Å². The zero-order chi connectivity index (χ0) is 11.1. The summed E-state index contributed by atoms with van der Waals surface area (Å²) in [6.45, 7) is 0. The van der Waals surface area contributed by atoms with Gasteiger partial charge in [0.15, 0.2) is 6.29 Å². The fourth-order valence-electron chi connectivity index (χ4n) is 1.23. The first-order valence-corrected chi connectivity index (χ1v) is 4.02. The average molecular weight is 214 g/mol. The Hall–Kier alpha value is -1.85. The molecule has 0 atom stereocenters. The van der Waals surface area contributed by atoms with Crippen LogP contribution in [0.3, 0.4) is 0 Å². The van der Waals surface area contributed by atoms with Gasteiger partial charge >= 0.3 is 6.18 Å². The van der Waals surface area contributed by atoms with Gasteiger partial charge < -0.3 is 0 Å². The summed E-state index contributed by atoms with van der Waals surface area (Å²) in [4.78, 5) is 10.4. The summed E-state index contributed by atoms with van der Waals surface area (Å²) in [5.74, 6) is 0. The lowest BCUT2D eigenvalue weighted by atomic mass is 10.2. The second kappa shape index (κ2) is 3.08. The summed E-state index contributed by atoms with van der Waals surface area (Å²) in [7, 11) is 0. The summed E-state index contributed by atoms with van der Waals surface area (Å²) in [5, 5.41) is 3.65. The Kier molecular flexibility index (Phi) is 1.99. The maximum atomic E-state index is 12.3. The summed E-state index contributed by atoms with van der Waals surface area (Å²) in [5.41, 5.74) is -0.241. The molecule has 0 saturated carbocycles. The van der Waals surface area contributed by atoms with Gasteiger partial charge in [-0.05, 0) is 18.2 Å². The first-order valence-electron chi connectivity index (χ1n) is 4.02. The van der Waals surface area contributed by atoms with Crippen molar-refractivity contribution in [2.75, 3.05) is 0 Å². The van der Waals surface area contributed by atoms with Crippen molar-refractivity contribution in [2.45, 2.75) is 6.18 Å². The summed E-state index contributed by atoms with van der Waals surface area (Å²) in [6, 6.07) is 3.63. The fraction of sp³-hybridized carbons (Fsp3) is 0.111. The van der Waals surface area contributed by atoms with Crippen molar-refractivity contribution in [3.05, 3.63) is 35.7 Å². The van der Waals surface area contributed by atoms with Crippen LogP contribution in [0, 0.1) is 0 Å². The van der Waals surface area contributed by atoms with E-state index in [0.29, 0.717) is 11.8 Å². The van der Waals surface area contributed by atoms with Gasteiger partial charge in [-0.25, -0.2) is 4.52 Å². The van der Waals surface area contributed by atoms with Crippen molar-refractivity contribution in [1.82, 2.24) is 9.61 Å². The van der Waals surface area contributed by atoms with E-state index < -0.39 is 11.7 Å². The quantitative estimate of drug-likeness (QED) is 0.682. The molecule has 0 unspecified atom stereocenters. The number of aldehydes is 1. The van der Waals surface area contributed by atoms with E-state index >= 15 is 0 Å². The zero-order valence-electron chi connectivity index (χ0n) is 7.32. The molecule has 0 N–H and O–H groups in total. The van der Waals surface area contributed by atoms with Gasteiger partial charge in [0.1, 0.15) is 5.69 Å². The Balaban J connectivity index is 2.60. The van der Waals surface area contributed by atoms with E-state index in [1.54, 1.807) is 0 Å². The van der Waals surface area contributed by atoms with Gasteiger partial charge in [0.25, 0.3) is 0 Å². The van der Waals surface area contributed by atoms with Crippen LogP contribution in [0.1, 0.15) is 16.1 Å². The molecule has 2 rings (SSSR count). The van der Waals surface area contributed by atoms with Gasteiger partial charge in [0.05, 0.1) is 11.1 Å². The van der Waals surface area contributed by atoms with E-state index in [1.807, 2.05) is 0 Å². The van der Waals surface area contributed by atoms with Crippen molar-refractivity contribution in [1.29, 1.82) is 0 Å². The molecule has 2 heterocycles. The lowest BCUT2D eigenvalue weighted by Crippen LogP contribution is -2.06. The maximum Gasteiger partial charge on any atom is 0.417 e. The van der Waals surface area contributed by atoms with E-state index in [-0.39, 0.29) is 5.69 Å². The SMILES string of the molecule is O=Cc1cc2ccc(C(F)(F)F)cn2n1. The molecule has 3 nitrogen and oxygen atoms in total. The number of nitrogens with zero attached hydrogens (tertiary/aromatic N) is 2.